The molecule has 2 aromatic carbocycles. The Kier molecular flexibility index (Phi) is 4.82. The van der Waals surface area contributed by atoms with Crippen LogP contribution in [0.4, 0.5) is 11.6 Å². The Hall–Kier alpha value is -3.58. The van der Waals surface area contributed by atoms with Crippen LogP contribution in [0.5, 0.6) is 11.5 Å². The Morgan fingerprint density at radius 1 is 1.11 bits per heavy atom. The van der Waals surface area contributed by atoms with Crippen molar-refractivity contribution in [1.29, 1.82) is 0 Å². The van der Waals surface area contributed by atoms with Crippen molar-refractivity contribution in [2.45, 2.75) is 0 Å². The topological polar surface area (TPSA) is 91.9 Å². The average Bonchev–Trinajstić information content (AvgIpc) is 3.11. The molecular weight excluding hydrogens is 378 g/mol. The van der Waals surface area contributed by atoms with Crippen molar-refractivity contribution in [2.75, 3.05) is 12.4 Å². The molecule has 0 saturated heterocycles. The van der Waals surface area contributed by atoms with Crippen molar-refractivity contribution in [2.24, 2.45) is 0 Å². The maximum Gasteiger partial charge on any atom is 0.269 e. The van der Waals surface area contributed by atoms with E-state index in [1.165, 1.54) is 6.20 Å². The van der Waals surface area contributed by atoms with Gasteiger partial charge in [-0.2, -0.15) is 0 Å². The van der Waals surface area contributed by atoms with Crippen LogP contribution >= 0.6 is 11.6 Å². The molecular formula is C20H16ClN5O2. The highest BCUT2D eigenvalue weighted by molar-refractivity contribution is 6.33. The van der Waals surface area contributed by atoms with Crippen molar-refractivity contribution < 1.29 is 9.53 Å². The number of halogens is 1. The Morgan fingerprint density at radius 2 is 1.93 bits per heavy atom. The van der Waals surface area contributed by atoms with Crippen LogP contribution in [-0.4, -0.2) is 27.9 Å². The highest BCUT2D eigenvalue weighted by Gasteiger charge is 2.09. The second kappa shape index (κ2) is 7.58. The van der Waals surface area contributed by atoms with Gasteiger partial charge in [0.05, 0.1) is 21.7 Å². The summed E-state index contributed by atoms with van der Waals surface area (Å²) in [6.45, 7) is 0. The number of anilines is 2. The molecule has 0 fully saturated rings. The molecule has 140 valence electrons. The van der Waals surface area contributed by atoms with E-state index in [1.54, 1.807) is 25.2 Å². The van der Waals surface area contributed by atoms with Crippen LogP contribution in [0.3, 0.4) is 0 Å². The summed E-state index contributed by atoms with van der Waals surface area (Å²) >= 11 is 6.18. The van der Waals surface area contributed by atoms with Crippen LogP contribution in [0.25, 0.3) is 11.0 Å². The SMILES string of the molecule is CNC(=O)c1cc(Oc2ccc3nc(Nc4ccccc4Cl)[nH]c3c2)ccn1. The molecule has 1 amide bonds. The molecule has 8 heteroatoms. The van der Waals surface area contributed by atoms with E-state index in [0.29, 0.717) is 22.5 Å². The molecule has 0 aliphatic heterocycles. The van der Waals surface area contributed by atoms with Crippen LogP contribution in [0.1, 0.15) is 10.5 Å². The smallest absolute Gasteiger partial charge is 0.269 e. The summed E-state index contributed by atoms with van der Waals surface area (Å²) in [7, 11) is 1.55. The Morgan fingerprint density at radius 3 is 2.75 bits per heavy atom. The minimum Gasteiger partial charge on any atom is -0.457 e. The van der Waals surface area contributed by atoms with Crippen LogP contribution in [-0.2, 0) is 0 Å². The summed E-state index contributed by atoms with van der Waals surface area (Å²) in [5.74, 6) is 1.42. The molecule has 0 aliphatic rings. The molecule has 2 heterocycles. The van der Waals surface area contributed by atoms with Crippen molar-refractivity contribution in [3.8, 4) is 11.5 Å². The fourth-order valence-corrected chi connectivity index (χ4v) is 2.85. The lowest BCUT2D eigenvalue weighted by atomic mass is 10.3. The number of ether oxygens (including phenoxy) is 1. The zero-order valence-corrected chi connectivity index (χ0v) is 15.6. The van der Waals surface area contributed by atoms with Crippen molar-refractivity contribution in [1.82, 2.24) is 20.3 Å². The zero-order chi connectivity index (χ0) is 19.5. The van der Waals surface area contributed by atoms with Gasteiger partial charge in [-0.25, -0.2) is 4.98 Å². The van der Waals surface area contributed by atoms with Crippen LogP contribution in [0, 0.1) is 0 Å². The van der Waals surface area contributed by atoms with E-state index in [2.05, 4.69) is 25.6 Å². The number of aromatic amines is 1. The number of carbonyl (C=O) groups is 1. The number of benzene rings is 2. The Bertz CT molecular complexity index is 1160. The normalized spacial score (nSPS) is 10.6. The van der Waals surface area contributed by atoms with E-state index < -0.39 is 0 Å². The number of carbonyl (C=O) groups excluding carboxylic acids is 1. The fraction of sp³-hybridized carbons (Fsp3) is 0.0500. The molecule has 0 saturated carbocycles. The van der Waals surface area contributed by atoms with Crippen molar-refractivity contribution in [3.05, 3.63) is 71.5 Å². The number of rotatable bonds is 5. The number of nitrogens with zero attached hydrogens (tertiary/aromatic N) is 2. The third-order valence-corrected chi connectivity index (χ3v) is 4.34. The highest BCUT2D eigenvalue weighted by atomic mass is 35.5. The molecule has 28 heavy (non-hydrogen) atoms. The lowest BCUT2D eigenvalue weighted by molar-refractivity contribution is 0.0958. The lowest BCUT2D eigenvalue weighted by Crippen LogP contribution is -2.18. The minimum atomic E-state index is -0.273. The highest BCUT2D eigenvalue weighted by Crippen LogP contribution is 2.28. The summed E-state index contributed by atoms with van der Waals surface area (Å²) in [5, 5.41) is 6.31. The molecule has 0 bridgehead atoms. The van der Waals surface area contributed by atoms with Gasteiger partial charge >= 0.3 is 0 Å². The fourth-order valence-electron chi connectivity index (χ4n) is 2.66. The molecule has 0 aliphatic carbocycles. The first-order chi connectivity index (χ1) is 13.6. The van der Waals surface area contributed by atoms with E-state index in [-0.39, 0.29) is 11.6 Å². The maximum absolute atomic E-state index is 11.7. The van der Waals surface area contributed by atoms with E-state index >= 15 is 0 Å². The number of nitrogens with one attached hydrogen (secondary N) is 3. The van der Waals surface area contributed by atoms with Crippen LogP contribution in [0.15, 0.2) is 60.8 Å². The lowest BCUT2D eigenvalue weighted by Gasteiger charge is -2.06. The summed E-state index contributed by atoms with van der Waals surface area (Å²) in [5.41, 5.74) is 2.63. The van der Waals surface area contributed by atoms with Crippen molar-refractivity contribution in [3.63, 3.8) is 0 Å². The van der Waals surface area contributed by atoms with Gasteiger partial charge < -0.3 is 20.4 Å². The molecule has 3 N–H and O–H groups in total. The predicted octanol–water partition coefficient (Wildman–Crippen LogP) is 4.51. The third kappa shape index (κ3) is 3.74. The second-order valence-electron chi connectivity index (χ2n) is 5.93. The van der Waals surface area contributed by atoms with Gasteiger partial charge in [0.2, 0.25) is 5.95 Å². The summed E-state index contributed by atoms with van der Waals surface area (Å²) in [6.07, 6.45) is 1.53. The van der Waals surface area contributed by atoms with E-state index in [4.69, 9.17) is 16.3 Å². The number of aromatic nitrogens is 3. The summed E-state index contributed by atoms with van der Waals surface area (Å²) < 4.78 is 5.86. The minimum absolute atomic E-state index is 0.273. The van der Waals surface area contributed by atoms with Gasteiger partial charge in [0.1, 0.15) is 17.2 Å². The van der Waals surface area contributed by atoms with E-state index in [0.717, 1.165) is 16.7 Å². The van der Waals surface area contributed by atoms with Gasteiger partial charge in [-0.05, 0) is 30.3 Å². The van der Waals surface area contributed by atoms with Gasteiger partial charge in [0.15, 0.2) is 0 Å². The monoisotopic (exact) mass is 393 g/mol. The number of hydrogen-bond donors (Lipinski definition) is 3. The van der Waals surface area contributed by atoms with Crippen molar-refractivity contribution >= 4 is 40.2 Å². The zero-order valence-electron chi connectivity index (χ0n) is 14.9. The maximum atomic E-state index is 11.7. The number of amides is 1. The number of imidazole rings is 1. The van der Waals surface area contributed by atoms with Crippen LogP contribution < -0.4 is 15.4 Å². The Balaban J connectivity index is 1.57. The first kappa shape index (κ1) is 17.8. The summed E-state index contributed by atoms with van der Waals surface area (Å²) in [4.78, 5) is 23.4. The van der Waals surface area contributed by atoms with Gasteiger partial charge in [0, 0.05) is 25.4 Å². The average molecular weight is 394 g/mol. The number of pyridine rings is 1. The number of para-hydroxylation sites is 1. The van der Waals surface area contributed by atoms with Gasteiger partial charge in [-0.15, -0.1) is 0 Å². The molecule has 0 atom stereocenters. The Labute approximate surface area is 165 Å². The molecule has 0 unspecified atom stereocenters. The second-order valence-corrected chi connectivity index (χ2v) is 6.33. The largest absolute Gasteiger partial charge is 0.457 e. The number of hydrogen-bond acceptors (Lipinski definition) is 5. The number of H-pyrrole nitrogens is 1. The van der Waals surface area contributed by atoms with E-state index in [9.17, 15) is 4.79 Å². The number of fused-ring (bicyclic) bond motifs is 1. The van der Waals surface area contributed by atoms with E-state index in [1.807, 2.05) is 36.4 Å². The molecule has 4 rings (SSSR count). The molecule has 0 radical (unpaired) electrons. The van der Waals surface area contributed by atoms with Gasteiger partial charge in [-0.1, -0.05) is 23.7 Å². The van der Waals surface area contributed by atoms with Gasteiger partial charge in [-0.3, -0.25) is 9.78 Å². The summed E-state index contributed by atoms with van der Waals surface area (Å²) in [6, 6.07) is 16.2. The van der Waals surface area contributed by atoms with Crippen LogP contribution in [0.2, 0.25) is 5.02 Å². The molecule has 7 nitrogen and oxygen atoms in total. The van der Waals surface area contributed by atoms with Gasteiger partial charge in [0.25, 0.3) is 5.91 Å². The molecule has 4 aromatic rings. The predicted molar refractivity (Wildman–Crippen MR) is 109 cm³/mol. The molecule has 2 aromatic heterocycles. The third-order valence-electron chi connectivity index (χ3n) is 4.01. The molecule has 0 spiro atoms. The first-order valence-corrected chi connectivity index (χ1v) is 8.87. The first-order valence-electron chi connectivity index (χ1n) is 8.50. The quantitative estimate of drug-likeness (QED) is 0.464. The standard InChI is InChI=1S/C20H16ClN5O2/c1-22-19(27)18-11-13(8-9-23-18)28-12-6-7-16-17(10-12)26-20(25-16)24-15-5-3-2-4-14(15)21/h2-11H,1H3,(H,22,27)(H2,24,25,26).